The Bertz CT molecular complexity index is 1060. The van der Waals surface area contributed by atoms with Gasteiger partial charge in [0.25, 0.3) is 0 Å². The van der Waals surface area contributed by atoms with Crippen LogP contribution >= 0.6 is 0 Å². The SMILES string of the molecule is CC(=O)Nc1ccc(F)c(NC(=O)/C=C/c2ccc(S(=O)(=O)NC3CC3)cc2)c1. The van der Waals surface area contributed by atoms with Crippen LogP contribution in [0, 0.1) is 5.82 Å². The molecule has 0 heterocycles. The molecule has 0 bridgehead atoms. The first kappa shape index (κ1) is 20.7. The van der Waals surface area contributed by atoms with Crippen molar-refractivity contribution in [3.63, 3.8) is 0 Å². The second-order valence-electron chi connectivity index (χ2n) is 6.66. The van der Waals surface area contributed by atoms with E-state index in [0.29, 0.717) is 11.3 Å². The van der Waals surface area contributed by atoms with E-state index in [1.807, 2.05) is 0 Å². The molecule has 0 saturated heterocycles. The van der Waals surface area contributed by atoms with Gasteiger partial charge in [0.1, 0.15) is 5.82 Å². The summed E-state index contributed by atoms with van der Waals surface area (Å²) in [7, 11) is -3.53. The van der Waals surface area contributed by atoms with Crippen molar-refractivity contribution >= 4 is 39.3 Å². The number of hydrogen-bond donors (Lipinski definition) is 3. The fourth-order valence-electron chi connectivity index (χ4n) is 2.50. The lowest BCUT2D eigenvalue weighted by atomic mass is 10.2. The molecule has 3 rings (SSSR count). The molecule has 0 aliphatic heterocycles. The van der Waals surface area contributed by atoms with Crippen molar-refractivity contribution < 1.29 is 22.4 Å². The first-order chi connectivity index (χ1) is 13.7. The van der Waals surface area contributed by atoms with Gasteiger partial charge in [0, 0.05) is 24.7 Å². The minimum absolute atomic E-state index is 0.0211. The van der Waals surface area contributed by atoms with Crippen LogP contribution in [-0.2, 0) is 19.6 Å². The van der Waals surface area contributed by atoms with Crippen LogP contribution in [0.1, 0.15) is 25.3 Å². The molecule has 9 heteroatoms. The number of nitrogens with one attached hydrogen (secondary N) is 3. The molecule has 152 valence electrons. The van der Waals surface area contributed by atoms with Gasteiger partial charge in [-0.1, -0.05) is 12.1 Å². The summed E-state index contributed by atoms with van der Waals surface area (Å²) in [6.45, 7) is 1.32. The fraction of sp³-hybridized carbons (Fsp3) is 0.200. The van der Waals surface area contributed by atoms with E-state index in [1.165, 1.54) is 43.3 Å². The lowest BCUT2D eigenvalue weighted by molar-refractivity contribution is -0.114. The Morgan fingerprint density at radius 2 is 1.76 bits per heavy atom. The Labute approximate surface area is 168 Å². The van der Waals surface area contributed by atoms with Crippen molar-refractivity contribution in [3.8, 4) is 0 Å². The fourth-order valence-corrected chi connectivity index (χ4v) is 3.80. The summed E-state index contributed by atoms with van der Waals surface area (Å²) in [5, 5.41) is 4.91. The number of carbonyl (C=O) groups is 2. The van der Waals surface area contributed by atoms with E-state index in [9.17, 15) is 22.4 Å². The number of rotatable bonds is 7. The van der Waals surface area contributed by atoms with Gasteiger partial charge in [-0.15, -0.1) is 0 Å². The van der Waals surface area contributed by atoms with Crippen LogP contribution in [0.4, 0.5) is 15.8 Å². The molecule has 0 atom stereocenters. The topological polar surface area (TPSA) is 104 Å². The van der Waals surface area contributed by atoms with E-state index in [1.54, 1.807) is 12.1 Å². The predicted octanol–water partition coefficient (Wildman–Crippen LogP) is 2.88. The number of anilines is 2. The van der Waals surface area contributed by atoms with E-state index in [4.69, 9.17) is 0 Å². The highest BCUT2D eigenvalue weighted by Gasteiger charge is 2.27. The van der Waals surface area contributed by atoms with Gasteiger partial charge in [-0.2, -0.15) is 0 Å². The van der Waals surface area contributed by atoms with Gasteiger partial charge in [-0.3, -0.25) is 9.59 Å². The zero-order valence-corrected chi connectivity index (χ0v) is 16.4. The average Bonchev–Trinajstić information content (AvgIpc) is 3.46. The molecule has 1 aliphatic rings. The normalized spacial score (nSPS) is 14.0. The second-order valence-corrected chi connectivity index (χ2v) is 8.38. The number of amides is 2. The molecule has 1 saturated carbocycles. The summed E-state index contributed by atoms with van der Waals surface area (Å²) in [6.07, 6.45) is 4.39. The third kappa shape index (κ3) is 5.97. The van der Waals surface area contributed by atoms with Crippen LogP contribution in [0.3, 0.4) is 0 Å². The van der Waals surface area contributed by atoms with Gasteiger partial charge in [0.2, 0.25) is 21.8 Å². The first-order valence-corrected chi connectivity index (χ1v) is 10.4. The number of hydrogen-bond acceptors (Lipinski definition) is 4. The first-order valence-electron chi connectivity index (χ1n) is 8.91. The Kier molecular flexibility index (Phi) is 6.09. The molecular weight excluding hydrogens is 397 g/mol. The third-order valence-corrected chi connectivity index (χ3v) is 5.60. The minimum Gasteiger partial charge on any atom is -0.326 e. The van der Waals surface area contributed by atoms with Crippen LogP contribution in [0.2, 0.25) is 0 Å². The van der Waals surface area contributed by atoms with Crippen LogP contribution in [0.25, 0.3) is 6.08 Å². The molecule has 29 heavy (non-hydrogen) atoms. The largest absolute Gasteiger partial charge is 0.326 e. The lowest BCUT2D eigenvalue weighted by Crippen LogP contribution is -2.25. The van der Waals surface area contributed by atoms with Gasteiger partial charge in [-0.05, 0) is 54.8 Å². The summed E-state index contributed by atoms with van der Waals surface area (Å²) in [5.74, 6) is -1.53. The van der Waals surface area contributed by atoms with Crippen molar-refractivity contribution in [2.75, 3.05) is 10.6 Å². The van der Waals surface area contributed by atoms with Crippen LogP contribution in [-0.4, -0.2) is 26.3 Å². The molecule has 2 amide bonds. The van der Waals surface area contributed by atoms with E-state index >= 15 is 0 Å². The molecular formula is C20H20FN3O4S. The maximum atomic E-state index is 13.9. The van der Waals surface area contributed by atoms with Gasteiger partial charge >= 0.3 is 0 Å². The molecule has 7 nitrogen and oxygen atoms in total. The summed E-state index contributed by atoms with van der Waals surface area (Å²) in [6, 6.07) is 9.92. The highest BCUT2D eigenvalue weighted by molar-refractivity contribution is 7.89. The zero-order valence-electron chi connectivity index (χ0n) is 15.6. The Morgan fingerprint density at radius 3 is 2.38 bits per heavy atom. The monoisotopic (exact) mass is 417 g/mol. The quantitative estimate of drug-likeness (QED) is 0.603. The van der Waals surface area contributed by atoms with Crippen LogP contribution < -0.4 is 15.4 Å². The summed E-state index contributed by atoms with van der Waals surface area (Å²) in [4.78, 5) is 23.3. The highest BCUT2D eigenvalue weighted by atomic mass is 32.2. The summed E-state index contributed by atoms with van der Waals surface area (Å²) >= 11 is 0. The van der Waals surface area contributed by atoms with Crippen molar-refractivity contribution in [1.82, 2.24) is 4.72 Å². The molecule has 1 aliphatic carbocycles. The van der Waals surface area contributed by atoms with Crippen LogP contribution in [0.15, 0.2) is 53.4 Å². The molecule has 3 N–H and O–H groups in total. The Morgan fingerprint density at radius 1 is 1.07 bits per heavy atom. The molecule has 2 aromatic rings. The maximum Gasteiger partial charge on any atom is 0.248 e. The van der Waals surface area contributed by atoms with E-state index in [2.05, 4.69) is 15.4 Å². The number of carbonyl (C=O) groups excluding carboxylic acids is 2. The van der Waals surface area contributed by atoms with Gasteiger partial charge in [0.05, 0.1) is 10.6 Å². The predicted molar refractivity (Wildman–Crippen MR) is 108 cm³/mol. The van der Waals surface area contributed by atoms with Crippen molar-refractivity contribution in [2.24, 2.45) is 0 Å². The Hall–Kier alpha value is -3.04. The zero-order chi connectivity index (χ0) is 21.0. The molecule has 0 spiro atoms. The number of sulfonamides is 1. The van der Waals surface area contributed by atoms with Gasteiger partial charge in [-0.25, -0.2) is 17.5 Å². The summed E-state index contributed by atoms with van der Waals surface area (Å²) < 4.78 is 40.7. The number of benzene rings is 2. The van der Waals surface area contributed by atoms with Gasteiger partial charge < -0.3 is 10.6 Å². The van der Waals surface area contributed by atoms with Gasteiger partial charge in [0.15, 0.2) is 0 Å². The molecule has 1 fully saturated rings. The molecule has 0 radical (unpaired) electrons. The smallest absolute Gasteiger partial charge is 0.248 e. The third-order valence-electron chi connectivity index (χ3n) is 4.06. The lowest BCUT2D eigenvalue weighted by Gasteiger charge is -2.08. The van der Waals surface area contributed by atoms with Crippen molar-refractivity contribution in [3.05, 3.63) is 59.9 Å². The van der Waals surface area contributed by atoms with Crippen LogP contribution in [0.5, 0.6) is 0 Å². The summed E-state index contributed by atoms with van der Waals surface area (Å²) in [5.41, 5.74) is 0.895. The average molecular weight is 417 g/mol. The second kappa shape index (κ2) is 8.54. The molecule has 0 aromatic heterocycles. The van der Waals surface area contributed by atoms with E-state index < -0.39 is 21.7 Å². The van der Waals surface area contributed by atoms with E-state index in [-0.39, 0.29) is 22.5 Å². The van der Waals surface area contributed by atoms with E-state index in [0.717, 1.165) is 18.9 Å². The number of halogens is 1. The van der Waals surface area contributed by atoms with Crippen molar-refractivity contribution in [2.45, 2.75) is 30.7 Å². The molecule has 0 unspecified atom stereocenters. The van der Waals surface area contributed by atoms with Crippen molar-refractivity contribution in [1.29, 1.82) is 0 Å². The standard InChI is InChI=1S/C20H20FN3O4S/c1-13(25)22-16-7-10-18(21)19(12-16)23-20(26)11-4-14-2-8-17(9-3-14)29(27,28)24-15-5-6-15/h2-4,7-12,15,24H,5-6H2,1H3,(H,22,25)(H,23,26)/b11-4+. The minimum atomic E-state index is -3.53. The maximum absolute atomic E-state index is 13.9. The Balaban J connectivity index is 1.64. The molecule has 2 aromatic carbocycles. The highest BCUT2D eigenvalue weighted by Crippen LogP contribution is 2.22.